The predicted octanol–water partition coefficient (Wildman–Crippen LogP) is 2.35. The standard InChI is InChI=1S/C19H28N4O/c1-15-5-4-6-16-13-17(14-23-9-11-24-12-10-23)19(21-18(15)16)20-7-8-22(2)3/h4-6,13H,7-12,14H2,1-3H3,(H,20,21). The van der Waals surface area contributed by atoms with E-state index < -0.39 is 0 Å². The van der Waals surface area contributed by atoms with Crippen LogP contribution in [-0.4, -0.2) is 68.3 Å². The van der Waals surface area contributed by atoms with Crippen LogP contribution in [0.25, 0.3) is 10.9 Å². The summed E-state index contributed by atoms with van der Waals surface area (Å²) in [6.45, 7) is 8.56. The third kappa shape index (κ3) is 4.23. The van der Waals surface area contributed by atoms with Crippen molar-refractivity contribution in [2.75, 3.05) is 58.8 Å². The molecular formula is C19H28N4O. The van der Waals surface area contributed by atoms with E-state index in [2.05, 4.69) is 60.4 Å². The summed E-state index contributed by atoms with van der Waals surface area (Å²) in [7, 11) is 4.18. The van der Waals surface area contributed by atoms with Gasteiger partial charge < -0.3 is 15.0 Å². The van der Waals surface area contributed by atoms with Crippen molar-refractivity contribution in [2.24, 2.45) is 0 Å². The van der Waals surface area contributed by atoms with Gasteiger partial charge >= 0.3 is 0 Å². The molecule has 0 atom stereocenters. The number of nitrogens with one attached hydrogen (secondary N) is 1. The summed E-state index contributed by atoms with van der Waals surface area (Å²) in [6.07, 6.45) is 0. The van der Waals surface area contributed by atoms with E-state index in [0.717, 1.165) is 57.3 Å². The summed E-state index contributed by atoms with van der Waals surface area (Å²) in [5.41, 5.74) is 3.59. The summed E-state index contributed by atoms with van der Waals surface area (Å²) in [5, 5.41) is 4.76. The molecule has 1 aliphatic heterocycles. The fraction of sp³-hybridized carbons (Fsp3) is 0.526. The van der Waals surface area contributed by atoms with Crippen molar-refractivity contribution in [1.82, 2.24) is 14.8 Å². The Bertz CT molecular complexity index is 680. The molecule has 1 aromatic carbocycles. The van der Waals surface area contributed by atoms with Crippen molar-refractivity contribution in [3.05, 3.63) is 35.4 Å². The molecule has 5 heteroatoms. The highest BCUT2D eigenvalue weighted by molar-refractivity contribution is 5.84. The Hall–Kier alpha value is -1.69. The molecule has 0 spiro atoms. The van der Waals surface area contributed by atoms with Crippen molar-refractivity contribution < 1.29 is 4.74 Å². The number of hydrogen-bond donors (Lipinski definition) is 1. The first-order valence-electron chi connectivity index (χ1n) is 8.71. The summed E-state index contributed by atoms with van der Waals surface area (Å²) in [6, 6.07) is 8.68. The molecule has 1 N–H and O–H groups in total. The summed E-state index contributed by atoms with van der Waals surface area (Å²) in [4.78, 5) is 9.57. The first kappa shape index (κ1) is 17.1. The van der Waals surface area contributed by atoms with Gasteiger partial charge in [-0.25, -0.2) is 4.98 Å². The Morgan fingerprint density at radius 3 is 2.79 bits per heavy atom. The van der Waals surface area contributed by atoms with E-state index >= 15 is 0 Å². The number of rotatable bonds is 6. The molecule has 1 saturated heterocycles. The van der Waals surface area contributed by atoms with E-state index in [-0.39, 0.29) is 0 Å². The topological polar surface area (TPSA) is 40.6 Å². The quantitative estimate of drug-likeness (QED) is 0.881. The number of anilines is 1. The SMILES string of the molecule is Cc1cccc2cc(CN3CCOCC3)c(NCCN(C)C)nc12. The van der Waals surface area contributed by atoms with Crippen LogP contribution in [0.3, 0.4) is 0 Å². The fourth-order valence-electron chi connectivity index (χ4n) is 3.06. The number of pyridine rings is 1. The number of morpholine rings is 1. The molecule has 0 bridgehead atoms. The van der Waals surface area contributed by atoms with Gasteiger partial charge in [0, 0.05) is 43.7 Å². The van der Waals surface area contributed by atoms with Gasteiger partial charge in [0.2, 0.25) is 0 Å². The number of benzene rings is 1. The number of hydrogen-bond acceptors (Lipinski definition) is 5. The zero-order valence-corrected chi connectivity index (χ0v) is 15.0. The predicted molar refractivity (Wildman–Crippen MR) is 99.6 cm³/mol. The molecule has 1 fully saturated rings. The minimum atomic E-state index is 0.823. The molecule has 130 valence electrons. The molecule has 1 aromatic heterocycles. The van der Waals surface area contributed by atoms with Crippen molar-refractivity contribution >= 4 is 16.7 Å². The van der Waals surface area contributed by atoms with Crippen molar-refractivity contribution in [2.45, 2.75) is 13.5 Å². The molecule has 2 heterocycles. The molecule has 0 amide bonds. The molecule has 2 aromatic rings. The lowest BCUT2D eigenvalue weighted by Gasteiger charge is -2.27. The van der Waals surface area contributed by atoms with Crippen LogP contribution in [0.15, 0.2) is 24.3 Å². The Kier molecular flexibility index (Phi) is 5.66. The van der Waals surface area contributed by atoms with Gasteiger partial charge in [0.15, 0.2) is 0 Å². The first-order valence-corrected chi connectivity index (χ1v) is 8.71. The Balaban J connectivity index is 1.87. The normalized spacial score (nSPS) is 16.0. The van der Waals surface area contributed by atoms with Crippen LogP contribution in [0.1, 0.15) is 11.1 Å². The second-order valence-electron chi connectivity index (χ2n) is 6.76. The van der Waals surface area contributed by atoms with Gasteiger partial charge in [-0.05, 0) is 32.6 Å². The number of aryl methyl sites for hydroxylation is 1. The van der Waals surface area contributed by atoms with Gasteiger partial charge in [0.25, 0.3) is 0 Å². The van der Waals surface area contributed by atoms with Crippen molar-refractivity contribution in [3.8, 4) is 0 Å². The molecular weight excluding hydrogens is 300 g/mol. The van der Waals surface area contributed by atoms with Gasteiger partial charge in [-0.1, -0.05) is 18.2 Å². The Morgan fingerprint density at radius 1 is 1.25 bits per heavy atom. The highest BCUT2D eigenvalue weighted by atomic mass is 16.5. The molecule has 0 aliphatic carbocycles. The van der Waals surface area contributed by atoms with Crippen molar-refractivity contribution in [3.63, 3.8) is 0 Å². The van der Waals surface area contributed by atoms with Crippen LogP contribution in [0.4, 0.5) is 5.82 Å². The van der Waals surface area contributed by atoms with Crippen LogP contribution < -0.4 is 5.32 Å². The Labute approximate surface area is 144 Å². The number of aromatic nitrogens is 1. The summed E-state index contributed by atoms with van der Waals surface area (Å²) in [5.74, 6) is 1.02. The van der Waals surface area contributed by atoms with E-state index in [1.54, 1.807) is 0 Å². The van der Waals surface area contributed by atoms with Crippen LogP contribution in [0.2, 0.25) is 0 Å². The maximum absolute atomic E-state index is 5.47. The zero-order chi connectivity index (χ0) is 16.9. The minimum absolute atomic E-state index is 0.823. The van der Waals surface area contributed by atoms with E-state index in [9.17, 15) is 0 Å². The van der Waals surface area contributed by atoms with Crippen molar-refractivity contribution in [1.29, 1.82) is 0 Å². The number of likely N-dealkylation sites (N-methyl/N-ethyl adjacent to an activating group) is 1. The van der Waals surface area contributed by atoms with Crippen LogP contribution in [-0.2, 0) is 11.3 Å². The smallest absolute Gasteiger partial charge is 0.131 e. The maximum atomic E-state index is 5.47. The second kappa shape index (κ2) is 7.92. The van der Waals surface area contributed by atoms with Crippen LogP contribution in [0, 0.1) is 6.92 Å². The fourth-order valence-corrected chi connectivity index (χ4v) is 3.06. The van der Waals surface area contributed by atoms with Crippen LogP contribution in [0.5, 0.6) is 0 Å². The first-order chi connectivity index (χ1) is 11.6. The number of ether oxygens (including phenoxy) is 1. The van der Waals surface area contributed by atoms with Gasteiger partial charge in [-0.3, -0.25) is 4.90 Å². The van der Waals surface area contributed by atoms with E-state index in [1.165, 1.54) is 16.5 Å². The monoisotopic (exact) mass is 328 g/mol. The number of fused-ring (bicyclic) bond motifs is 1. The maximum Gasteiger partial charge on any atom is 0.131 e. The molecule has 5 nitrogen and oxygen atoms in total. The Morgan fingerprint density at radius 2 is 2.04 bits per heavy atom. The molecule has 0 saturated carbocycles. The van der Waals surface area contributed by atoms with Gasteiger partial charge in [-0.15, -0.1) is 0 Å². The summed E-state index contributed by atoms with van der Waals surface area (Å²) < 4.78 is 5.47. The number of para-hydroxylation sites is 1. The van der Waals surface area contributed by atoms with Gasteiger partial charge in [-0.2, -0.15) is 0 Å². The average Bonchev–Trinajstić information content (AvgIpc) is 2.56. The number of nitrogens with zero attached hydrogens (tertiary/aromatic N) is 3. The molecule has 3 rings (SSSR count). The third-order valence-corrected chi connectivity index (χ3v) is 4.48. The minimum Gasteiger partial charge on any atom is -0.379 e. The lowest BCUT2D eigenvalue weighted by atomic mass is 10.1. The lowest BCUT2D eigenvalue weighted by Crippen LogP contribution is -2.36. The lowest BCUT2D eigenvalue weighted by molar-refractivity contribution is 0.0342. The van der Waals surface area contributed by atoms with Crippen LogP contribution >= 0.6 is 0 Å². The van der Waals surface area contributed by atoms with E-state index in [4.69, 9.17) is 9.72 Å². The van der Waals surface area contributed by atoms with Gasteiger partial charge in [0.05, 0.1) is 18.7 Å². The zero-order valence-electron chi connectivity index (χ0n) is 15.0. The van der Waals surface area contributed by atoms with E-state index in [1.807, 2.05) is 0 Å². The molecule has 0 unspecified atom stereocenters. The van der Waals surface area contributed by atoms with E-state index in [0.29, 0.717) is 0 Å². The highest BCUT2D eigenvalue weighted by Crippen LogP contribution is 2.24. The molecule has 0 radical (unpaired) electrons. The highest BCUT2D eigenvalue weighted by Gasteiger charge is 2.15. The summed E-state index contributed by atoms with van der Waals surface area (Å²) >= 11 is 0. The largest absolute Gasteiger partial charge is 0.379 e. The third-order valence-electron chi connectivity index (χ3n) is 4.48. The molecule has 1 aliphatic rings. The van der Waals surface area contributed by atoms with Gasteiger partial charge in [0.1, 0.15) is 5.82 Å². The molecule has 24 heavy (non-hydrogen) atoms. The second-order valence-corrected chi connectivity index (χ2v) is 6.76. The average molecular weight is 328 g/mol.